The summed E-state index contributed by atoms with van der Waals surface area (Å²) in [4.78, 5) is 25.2. The first-order valence-electron chi connectivity index (χ1n) is 9.70. The molecular weight excluding hydrogens is 370 g/mol. The maximum atomic E-state index is 12.6. The second kappa shape index (κ2) is 8.66. The molecule has 1 aliphatic rings. The Labute approximate surface area is 171 Å². The molecule has 0 aromatic heterocycles. The smallest absolute Gasteiger partial charge is 0.334 e. The van der Waals surface area contributed by atoms with Crippen molar-refractivity contribution in [3.63, 3.8) is 0 Å². The summed E-state index contributed by atoms with van der Waals surface area (Å²) in [5, 5.41) is 9.08. The molecule has 3 rings (SSSR count). The molecule has 1 saturated heterocycles. The standard InChI is InChI=1S/C23H27NO5/c1-23(2,3)18-8-10-19(11-9-18)29-15-16-4-6-17(7-5-16)21(25)24-12-13-28-20(14-24)22(26)27/h4-11,20H,12-15H2,1-3H3,(H,26,27). The van der Waals surface area contributed by atoms with E-state index in [2.05, 4.69) is 32.9 Å². The van der Waals surface area contributed by atoms with Gasteiger partial charge in [-0.2, -0.15) is 0 Å². The van der Waals surface area contributed by atoms with E-state index in [4.69, 9.17) is 14.6 Å². The van der Waals surface area contributed by atoms with Crippen molar-refractivity contribution in [3.8, 4) is 5.75 Å². The number of carbonyl (C=O) groups is 2. The molecule has 0 aliphatic carbocycles. The van der Waals surface area contributed by atoms with Gasteiger partial charge in [0.15, 0.2) is 6.10 Å². The third-order valence-corrected chi connectivity index (χ3v) is 4.96. The van der Waals surface area contributed by atoms with Crippen molar-refractivity contribution in [3.05, 3.63) is 65.2 Å². The van der Waals surface area contributed by atoms with Gasteiger partial charge < -0.3 is 19.5 Å². The highest BCUT2D eigenvalue weighted by molar-refractivity contribution is 5.94. The van der Waals surface area contributed by atoms with Crippen LogP contribution in [0.15, 0.2) is 48.5 Å². The Morgan fingerprint density at radius 3 is 2.34 bits per heavy atom. The lowest BCUT2D eigenvalue weighted by Gasteiger charge is -2.30. The largest absolute Gasteiger partial charge is 0.489 e. The molecule has 1 aliphatic heterocycles. The summed E-state index contributed by atoms with van der Waals surface area (Å²) in [5.74, 6) is -0.443. The normalized spacial score (nSPS) is 17.1. The summed E-state index contributed by atoms with van der Waals surface area (Å²) in [6.07, 6.45) is -0.968. The Morgan fingerprint density at radius 2 is 1.76 bits per heavy atom. The number of morpholine rings is 1. The summed E-state index contributed by atoms with van der Waals surface area (Å²) >= 11 is 0. The van der Waals surface area contributed by atoms with Gasteiger partial charge in [0.05, 0.1) is 13.2 Å². The van der Waals surface area contributed by atoms with Gasteiger partial charge >= 0.3 is 5.97 Å². The average molecular weight is 397 g/mol. The number of ether oxygens (including phenoxy) is 2. The van der Waals surface area contributed by atoms with Gasteiger partial charge in [-0.25, -0.2) is 4.79 Å². The van der Waals surface area contributed by atoms with Crippen molar-refractivity contribution in [2.75, 3.05) is 19.7 Å². The first kappa shape index (κ1) is 20.9. The second-order valence-electron chi connectivity index (χ2n) is 8.21. The Kier molecular flexibility index (Phi) is 6.23. The quantitative estimate of drug-likeness (QED) is 0.836. The fourth-order valence-electron chi connectivity index (χ4n) is 3.13. The van der Waals surface area contributed by atoms with Crippen LogP contribution in [0.1, 0.15) is 42.3 Å². The van der Waals surface area contributed by atoms with Crippen LogP contribution in [0.5, 0.6) is 5.75 Å². The van der Waals surface area contributed by atoms with E-state index in [0.717, 1.165) is 11.3 Å². The van der Waals surface area contributed by atoms with Gasteiger partial charge in [0.1, 0.15) is 12.4 Å². The van der Waals surface area contributed by atoms with Gasteiger partial charge in [0, 0.05) is 12.1 Å². The molecular formula is C23H27NO5. The topological polar surface area (TPSA) is 76.1 Å². The summed E-state index contributed by atoms with van der Waals surface area (Å²) in [6.45, 7) is 7.59. The van der Waals surface area contributed by atoms with Crippen LogP contribution in [0.25, 0.3) is 0 Å². The van der Waals surface area contributed by atoms with Crippen LogP contribution in [-0.2, 0) is 21.6 Å². The molecule has 0 spiro atoms. The zero-order chi connectivity index (χ0) is 21.0. The zero-order valence-corrected chi connectivity index (χ0v) is 17.1. The van der Waals surface area contributed by atoms with Crippen molar-refractivity contribution < 1.29 is 24.2 Å². The minimum Gasteiger partial charge on any atom is -0.489 e. The lowest BCUT2D eigenvalue weighted by atomic mass is 9.87. The van der Waals surface area contributed by atoms with Gasteiger partial charge in [0.2, 0.25) is 0 Å². The summed E-state index contributed by atoms with van der Waals surface area (Å²) in [6, 6.07) is 15.3. The molecule has 1 fully saturated rings. The van der Waals surface area contributed by atoms with Crippen LogP contribution in [-0.4, -0.2) is 47.7 Å². The molecule has 0 saturated carbocycles. The second-order valence-corrected chi connectivity index (χ2v) is 8.21. The molecule has 0 bridgehead atoms. The van der Waals surface area contributed by atoms with E-state index in [-0.39, 0.29) is 24.5 Å². The molecule has 1 atom stereocenters. The highest BCUT2D eigenvalue weighted by atomic mass is 16.5. The van der Waals surface area contributed by atoms with E-state index in [1.54, 1.807) is 12.1 Å². The molecule has 1 unspecified atom stereocenters. The molecule has 2 aromatic rings. The van der Waals surface area contributed by atoms with E-state index in [1.165, 1.54) is 10.5 Å². The molecule has 0 radical (unpaired) electrons. The monoisotopic (exact) mass is 397 g/mol. The van der Waals surface area contributed by atoms with Crippen molar-refractivity contribution in [2.45, 2.75) is 38.9 Å². The summed E-state index contributed by atoms with van der Waals surface area (Å²) in [7, 11) is 0. The Hall–Kier alpha value is -2.86. The van der Waals surface area contributed by atoms with E-state index in [0.29, 0.717) is 18.7 Å². The SMILES string of the molecule is CC(C)(C)c1ccc(OCc2ccc(C(=O)N3CCOC(C(=O)O)C3)cc2)cc1. The molecule has 6 heteroatoms. The number of rotatable bonds is 5. The number of aliphatic carboxylic acids is 1. The molecule has 154 valence electrons. The Morgan fingerprint density at radius 1 is 1.10 bits per heavy atom. The molecule has 2 aromatic carbocycles. The van der Waals surface area contributed by atoms with Gasteiger partial charge in [0.25, 0.3) is 5.91 Å². The first-order valence-corrected chi connectivity index (χ1v) is 9.70. The fourth-order valence-corrected chi connectivity index (χ4v) is 3.13. The third-order valence-electron chi connectivity index (χ3n) is 4.96. The van der Waals surface area contributed by atoms with Gasteiger partial charge in [-0.3, -0.25) is 4.79 Å². The number of amides is 1. The van der Waals surface area contributed by atoms with Gasteiger partial charge in [-0.05, 0) is 40.8 Å². The number of nitrogens with zero attached hydrogens (tertiary/aromatic N) is 1. The van der Waals surface area contributed by atoms with Crippen LogP contribution >= 0.6 is 0 Å². The van der Waals surface area contributed by atoms with E-state index in [9.17, 15) is 9.59 Å². The zero-order valence-electron chi connectivity index (χ0n) is 17.1. The number of hydrogen-bond acceptors (Lipinski definition) is 4. The minimum absolute atomic E-state index is 0.0591. The van der Waals surface area contributed by atoms with E-state index >= 15 is 0 Å². The highest BCUT2D eigenvalue weighted by Gasteiger charge is 2.29. The molecule has 1 N–H and O–H groups in total. The van der Waals surface area contributed by atoms with Crippen molar-refractivity contribution in [1.82, 2.24) is 4.90 Å². The predicted molar refractivity (Wildman–Crippen MR) is 109 cm³/mol. The molecule has 6 nitrogen and oxygen atoms in total. The van der Waals surface area contributed by atoms with Gasteiger partial charge in [-0.15, -0.1) is 0 Å². The summed E-state index contributed by atoms with van der Waals surface area (Å²) in [5.41, 5.74) is 2.83. The first-order chi connectivity index (χ1) is 13.7. The maximum absolute atomic E-state index is 12.6. The predicted octanol–water partition coefficient (Wildman–Crippen LogP) is 3.49. The number of carboxylic acid groups (broad SMARTS) is 1. The lowest BCUT2D eigenvalue weighted by Crippen LogP contribution is -2.48. The Balaban J connectivity index is 1.57. The molecule has 1 heterocycles. The van der Waals surface area contributed by atoms with Crippen molar-refractivity contribution in [1.29, 1.82) is 0 Å². The van der Waals surface area contributed by atoms with Crippen LogP contribution in [0.2, 0.25) is 0 Å². The van der Waals surface area contributed by atoms with Crippen LogP contribution < -0.4 is 4.74 Å². The van der Waals surface area contributed by atoms with Crippen LogP contribution in [0.3, 0.4) is 0 Å². The van der Waals surface area contributed by atoms with Crippen LogP contribution in [0.4, 0.5) is 0 Å². The van der Waals surface area contributed by atoms with Crippen LogP contribution in [0, 0.1) is 0 Å². The minimum atomic E-state index is -1.05. The van der Waals surface area contributed by atoms with Gasteiger partial charge in [-0.1, -0.05) is 45.0 Å². The number of carboxylic acids is 1. The number of benzene rings is 2. The summed E-state index contributed by atoms with van der Waals surface area (Å²) < 4.78 is 11.0. The lowest BCUT2D eigenvalue weighted by molar-refractivity contribution is -0.154. The fraction of sp³-hybridized carbons (Fsp3) is 0.391. The average Bonchev–Trinajstić information content (AvgIpc) is 2.72. The Bertz CT molecular complexity index is 852. The highest BCUT2D eigenvalue weighted by Crippen LogP contribution is 2.24. The number of hydrogen-bond donors (Lipinski definition) is 1. The van der Waals surface area contributed by atoms with Crippen molar-refractivity contribution >= 4 is 11.9 Å². The third kappa shape index (κ3) is 5.35. The van der Waals surface area contributed by atoms with E-state index in [1.807, 2.05) is 24.3 Å². The number of carbonyl (C=O) groups excluding carboxylic acids is 1. The maximum Gasteiger partial charge on any atom is 0.334 e. The van der Waals surface area contributed by atoms with E-state index < -0.39 is 12.1 Å². The molecule has 29 heavy (non-hydrogen) atoms. The molecule has 1 amide bonds. The van der Waals surface area contributed by atoms with Crippen molar-refractivity contribution in [2.24, 2.45) is 0 Å².